The largest absolute Gasteiger partial charge is 0.457 e. The number of nitrogen functional groups attached to an aromatic ring is 4. The molecule has 224 valence electrons. The van der Waals surface area contributed by atoms with Crippen LogP contribution in [0.3, 0.4) is 0 Å². The zero-order valence-electron chi connectivity index (χ0n) is 24.1. The maximum Gasteiger partial charge on any atom is 0.145 e. The molecule has 8 N–H and O–H groups in total. The fourth-order valence-corrected chi connectivity index (χ4v) is 5.13. The van der Waals surface area contributed by atoms with Gasteiger partial charge in [0.05, 0.1) is 9.79 Å². The van der Waals surface area contributed by atoms with Crippen molar-refractivity contribution in [2.75, 3.05) is 22.9 Å². The van der Waals surface area contributed by atoms with Crippen LogP contribution in [0.4, 0.5) is 22.7 Å². The topological polar surface area (TPSA) is 141 Å². The van der Waals surface area contributed by atoms with E-state index in [4.69, 9.17) is 41.9 Å². The monoisotopic (exact) mass is 614 g/mol. The predicted octanol–water partition coefficient (Wildman–Crippen LogP) is 9.34. The lowest BCUT2D eigenvalue weighted by Gasteiger charge is -2.16. The van der Waals surface area contributed by atoms with Crippen molar-refractivity contribution in [3.8, 4) is 46.0 Å². The molecule has 6 aromatic carbocycles. The number of hydrogen-bond donors (Lipinski definition) is 4. The standard InChI is InChI=1S/C36H30N4O4S/c37-23-1-9-27(10-2-23)41-31-17-19-35(33(21-31)43-29-13-5-25(39)6-14-29)45-36-20-18-32(42-28-11-3-24(38)4-12-28)22-34(36)44-30-15-7-26(40)8-16-30/h1-22H,37-40H2. The van der Waals surface area contributed by atoms with Crippen molar-refractivity contribution in [3.05, 3.63) is 133 Å². The molecule has 6 rings (SSSR count). The Hall–Kier alpha value is -5.93. The summed E-state index contributed by atoms with van der Waals surface area (Å²) in [6.45, 7) is 0. The van der Waals surface area contributed by atoms with E-state index >= 15 is 0 Å². The minimum Gasteiger partial charge on any atom is -0.457 e. The van der Waals surface area contributed by atoms with E-state index in [0.29, 0.717) is 68.7 Å². The highest BCUT2D eigenvalue weighted by molar-refractivity contribution is 7.99. The van der Waals surface area contributed by atoms with Gasteiger partial charge >= 0.3 is 0 Å². The minimum atomic E-state index is 0.582. The molecule has 0 aliphatic rings. The molecule has 0 saturated carbocycles. The zero-order valence-corrected chi connectivity index (χ0v) is 24.9. The van der Waals surface area contributed by atoms with Gasteiger partial charge in [-0.05, 0) is 121 Å². The average Bonchev–Trinajstić information content (AvgIpc) is 3.04. The molecule has 0 spiro atoms. The van der Waals surface area contributed by atoms with Gasteiger partial charge in [-0.2, -0.15) is 0 Å². The Labute approximate surface area is 265 Å². The molecule has 0 aliphatic carbocycles. The maximum atomic E-state index is 6.35. The molecule has 9 heteroatoms. The van der Waals surface area contributed by atoms with Crippen molar-refractivity contribution in [1.82, 2.24) is 0 Å². The van der Waals surface area contributed by atoms with Crippen LogP contribution in [0.1, 0.15) is 0 Å². The maximum absolute atomic E-state index is 6.35. The van der Waals surface area contributed by atoms with Gasteiger partial charge in [-0.25, -0.2) is 0 Å². The van der Waals surface area contributed by atoms with E-state index in [1.165, 1.54) is 11.8 Å². The molecule has 0 radical (unpaired) electrons. The molecule has 0 heterocycles. The van der Waals surface area contributed by atoms with Crippen LogP contribution in [-0.4, -0.2) is 0 Å². The molecule has 0 saturated heterocycles. The summed E-state index contributed by atoms with van der Waals surface area (Å²) in [5, 5.41) is 0. The first-order valence-electron chi connectivity index (χ1n) is 14.0. The first kappa shape index (κ1) is 29.2. The van der Waals surface area contributed by atoms with E-state index in [9.17, 15) is 0 Å². The van der Waals surface area contributed by atoms with Crippen molar-refractivity contribution in [2.45, 2.75) is 9.79 Å². The van der Waals surface area contributed by atoms with Crippen LogP contribution in [0.15, 0.2) is 143 Å². The molecule has 6 aromatic rings. The van der Waals surface area contributed by atoms with Crippen molar-refractivity contribution >= 4 is 34.5 Å². The Morgan fingerprint density at radius 2 is 0.578 bits per heavy atom. The fourth-order valence-electron chi connectivity index (χ4n) is 4.22. The number of ether oxygens (including phenoxy) is 4. The molecule has 0 aromatic heterocycles. The summed E-state index contributed by atoms with van der Waals surface area (Å²) in [5.74, 6) is 4.91. The lowest BCUT2D eigenvalue weighted by Crippen LogP contribution is -1.93. The lowest BCUT2D eigenvalue weighted by molar-refractivity contribution is 0.451. The molecule has 0 aliphatic heterocycles. The van der Waals surface area contributed by atoms with E-state index in [-0.39, 0.29) is 0 Å². The highest BCUT2D eigenvalue weighted by Gasteiger charge is 2.15. The van der Waals surface area contributed by atoms with Gasteiger partial charge in [0.2, 0.25) is 0 Å². The Kier molecular flexibility index (Phi) is 8.52. The van der Waals surface area contributed by atoms with Crippen LogP contribution >= 0.6 is 11.8 Å². The minimum absolute atomic E-state index is 0.582. The Bertz CT molecular complexity index is 1760. The highest BCUT2D eigenvalue weighted by Crippen LogP contribution is 2.45. The van der Waals surface area contributed by atoms with Gasteiger partial charge in [0.15, 0.2) is 0 Å². The molecule has 0 unspecified atom stereocenters. The second-order valence-corrected chi connectivity index (χ2v) is 11.1. The second kappa shape index (κ2) is 13.2. The highest BCUT2D eigenvalue weighted by atomic mass is 32.2. The molecule has 0 bridgehead atoms. The van der Waals surface area contributed by atoms with E-state index in [0.717, 1.165) is 9.79 Å². The predicted molar refractivity (Wildman–Crippen MR) is 181 cm³/mol. The summed E-state index contributed by atoms with van der Waals surface area (Å²) in [6, 6.07) is 40.1. The van der Waals surface area contributed by atoms with Gasteiger partial charge in [-0.3, -0.25) is 0 Å². The fraction of sp³-hybridized carbons (Fsp3) is 0. The summed E-state index contributed by atoms with van der Waals surface area (Å²) in [6.07, 6.45) is 0. The molecular weight excluding hydrogens is 584 g/mol. The van der Waals surface area contributed by atoms with Crippen LogP contribution in [0, 0.1) is 0 Å². The van der Waals surface area contributed by atoms with E-state index in [2.05, 4.69) is 0 Å². The van der Waals surface area contributed by atoms with Gasteiger partial charge < -0.3 is 41.9 Å². The first-order valence-corrected chi connectivity index (χ1v) is 14.8. The average molecular weight is 615 g/mol. The number of hydrogen-bond acceptors (Lipinski definition) is 9. The number of benzene rings is 6. The normalized spacial score (nSPS) is 10.7. The van der Waals surface area contributed by atoms with Crippen LogP contribution < -0.4 is 41.9 Å². The molecular formula is C36H30N4O4S. The summed E-state index contributed by atoms with van der Waals surface area (Å²) < 4.78 is 24.9. The third-order valence-corrected chi connectivity index (χ3v) is 7.61. The SMILES string of the molecule is Nc1ccc(Oc2ccc(Sc3ccc(Oc4ccc(N)cc4)cc3Oc3ccc(N)cc3)c(Oc3ccc(N)cc3)c2)cc1. The quantitative estimate of drug-likeness (QED) is 0.111. The van der Waals surface area contributed by atoms with Gasteiger partial charge in [0.25, 0.3) is 0 Å². The number of rotatable bonds is 10. The molecule has 0 fully saturated rings. The van der Waals surface area contributed by atoms with Crippen molar-refractivity contribution in [3.63, 3.8) is 0 Å². The smallest absolute Gasteiger partial charge is 0.145 e. The lowest BCUT2D eigenvalue weighted by atomic mass is 10.3. The summed E-state index contributed by atoms with van der Waals surface area (Å²) in [4.78, 5) is 1.65. The van der Waals surface area contributed by atoms with Crippen LogP contribution in [-0.2, 0) is 0 Å². The van der Waals surface area contributed by atoms with E-state index in [1.807, 2.05) is 84.9 Å². The summed E-state index contributed by atoms with van der Waals surface area (Å²) in [7, 11) is 0. The van der Waals surface area contributed by atoms with E-state index in [1.54, 1.807) is 48.5 Å². The first-order chi connectivity index (χ1) is 21.9. The number of anilines is 4. The van der Waals surface area contributed by atoms with Gasteiger partial charge in [0, 0.05) is 34.9 Å². The van der Waals surface area contributed by atoms with Crippen molar-refractivity contribution < 1.29 is 18.9 Å². The Morgan fingerprint density at radius 3 is 0.889 bits per heavy atom. The van der Waals surface area contributed by atoms with Crippen LogP contribution in [0.2, 0.25) is 0 Å². The van der Waals surface area contributed by atoms with Crippen molar-refractivity contribution in [1.29, 1.82) is 0 Å². The van der Waals surface area contributed by atoms with Crippen molar-refractivity contribution in [2.24, 2.45) is 0 Å². The third-order valence-electron chi connectivity index (χ3n) is 6.50. The molecule has 0 atom stereocenters. The molecule has 0 amide bonds. The van der Waals surface area contributed by atoms with Gasteiger partial charge in [-0.1, -0.05) is 11.8 Å². The second-order valence-electron chi connectivity index (χ2n) is 10.0. The molecule has 8 nitrogen and oxygen atoms in total. The Morgan fingerprint density at radius 1 is 0.311 bits per heavy atom. The number of nitrogens with two attached hydrogens (primary N) is 4. The summed E-state index contributed by atoms with van der Waals surface area (Å²) >= 11 is 1.48. The van der Waals surface area contributed by atoms with E-state index < -0.39 is 0 Å². The Balaban J connectivity index is 1.34. The zero-order chi connectivity index (χ0) is 31.2. The third kappa shape index (κ3) is 7.73. The van der Waals surface area contributed by atoms with Crippen LogP contribution in [0.5, 0.6) is 46.0 Å². The van der Waals surface area contributed by atoms with Gasteiger partial charge in [0.1, 0.15) is 46.0 Å². The van der Waals surface area contributed by atoms with Gasteiger partial charge in [-0.15, -0.1) is 0 Å². The molecule has 45 heavy (non-hydrogen) atoms. The summed E-state index contributed by atoms with van der Waals surface area (Å²) in [5.41, 5.74) is 26.1. The van der Waals surface area contributed by atoms with Crippen LogP contribution in [0.25, 0.3) is 0 Å².